The van der Waals surface area contributed by atoms with Crippen LogP contribution in [0.1, 0.15) is 0 Å². The standard InChI is InChI=1S/C31H19N7/c1-2-5-21(6-3-1)29-36-30(38-31(37-29)23-13-14-24-16-32-18-34-27(24)15-23)22-11-9-20(10-12-22)26-8-4-7-25-17-33-19-35-28(25)26/h1-19H. The summed E-state index contributed by atoms with van der Waals surface area (Å²) in [6.07, 6.45) is 6.75. The molecule has 0 fully saturated rings. The Morgan fingerprint density at radius 2 is 1.08 bits per heavy atom. The maximum Gasteiger partial charge on any atom is 0.164 e. The number of benzene rings is 4. The Morgan fingerprint density at radius 1 is 0.447 bits per heavy atom. The molecule has 38 heavy (non-hydrogen) atoms. The second kappa shape index (κ2) is 9.22. The summed E-state index contributed by atoms with van der Waals surface area (Å²) < 4.78 is 0. The van der Waals surface area contributed by atoms with Crippen LogP contribution >= 0.6 is 0 Å². The van der Waals surface area contributed by atoms with Gasteiger partial charge in [0.15, 0.2) is 17.5 Å². The van der Waals surface area contributed by atoms with Gasteiger partial charge in [0, 0.05) is 45.4 Å². The van der Waals surface area contributed by atoms with Crippen molar-refractivity contribution in [2.24, 2.45) is 0 Å². The van der Waals surface area contributed by atoms with E-state index in [1.807, 2.05) is 79.0 Å². The van der Waals surface area contributed by atoms with Crippen molar-refractivity contribution < 1.29 is 0 Å². The summed E-state index contributed by atoms with van der Waals surface area (Å²) in [5.74, 6) is 1.80. The molecule has 7 aromatic rings. The molecule has 7 heteroatoms. The number of para-hydroxylation sites is 1. The normalized spacial score (nSPS) is 11.2. The molecule has 0 atom stereocenters. The average molecular weight is 490 g/mol. The van der Waals surface area contributed by atoms with Crippen molar-refractivity contribution in [2.45, 2.75) is 0 Å². The molecule has 0 saturated heterocycles. The monoisotopic (exact) mass is 489 g/mol. The van der Waals surface area contributed by atoms with Gasteiger partial charge in [0.25, 0.3) is 0 Å². The van der Waals surface area contributed by atoms with Crippen LogP contribution in [0, 0.1) is 0 Å². The van der Waals surface area contributed by atoms with Gasteiger partial charge in [-0.25, -0.2) is 34.9 Å². The fraction of sp³-hybridized carbons (Fsp3) is 0. The zero-order chi connectivity index (χ0) is 25.3. The highest BCUT2D eigenvalue weighted by Gasteiger charge is 2.13. The number of nitrogens with zero attached hydrogens (tertiary/aromatic N) is 7. The summed E-state index contributed by atoms with van der Waals surface area (Å²) in [4.78, 5) is 31.7. The summed E-state index contributed by atoms with van der Waals surface area (Å²) >= 11 is 0. The Bertz CT molecular complexity index is 1910. The average Bonchev–Trinajstić information content (AvgIpc) is 3.01. The zero-order valence-electron chi connectivity index (χ0n) is 20.1. The molecule has 0 aliphatic heterocycles. The van der Waals surface area contributed by atoms with Gasteiger partial charge in [-0.15, -0.1) is 0 Å². The van der Waals surface area contributed by atoms with Gasteiger partial charge >= 0.3 is 0 Å². The highest BCUT2D eigenvalue weighted by atomic mass is 15.0. The summed E-state index contributed by atoms with van der Waals surface area (Å²) in [6.45, 7) is 0. The fourth-order valence-electron chi connectivity index (χ4n) is 4.51. The van der Waals surface area contributed by atoms with Crippen molar-refractivity contribution in [3.63, 3.8) is 0 Å². The summed E-state index contributed by atoms with van der Waals surface area (Å²) in [7, 11) is 0. The van der Waals surface area contributed by atoms with E-state index in [1.165, 1.54) is 0 Å². The lowest BCUT2D eigenvalue weighted by Crippen LogP contribution is -2.00. The number of fused-ring (bicyclic) bond motifs is 2. The van der Waals surface area contributed by atoms with E-state index in [0.717, 1.165) is 49.6 Å². The predicted molar refractivity (Wildman–Crippen MR) is 148 cm³/mol. The van der Waals surface area contributed by atoms with Crippen molar-refractivity contribution in [1.29, 1.82) is 0 Å². The molecular formula is C31H19N7. The minimum Gasteiger partial charge on any atom is -0.244 e. The first-order valence-corrected chi connectivity index (χ1v) is 12.1. The van der Waals surface area contributed by atoms with E-state index in [1.54, 1.807) is 18.9 Å². The van der Waals surface area contributed by atoms with Gasteiger partial charge in [-0.2, -0.15) is 0 Å². The van der Waals surface area contributed by atoms with Gasteiger partial charge in [0.05, 0.1) is 11.0 Å². The van der Waals surface area contributed by atoms with Crippen molar-refractivity contribution >= 4 is 21.8 Å². The van der Waals surface area contributed by atoms with Crippen LogP contribution in [-0.2, 0) is 0 Å². The molecule has 4 aromatic carbocycles. The molecule has 0 saturated carbocycles. The molecule has 3 aromatic heterocycles. The van der Waals surface area contributed by atoms with E-state index in [9.17, 15) is 0 Å². The first-order valence-electron chi connectivity index (χ1n) is 12.1. The summed E-state index contributed by atoms with van der Waals surface area (Å²) in [5.41, 5.74) is 6.55. The number of hydrogen-bond donors (Lipinski definition) is 0. The lowest BCUT2D eigenvalue weighted by Gasteiger charge is -2.10. The van der Waals surface area contributed by atoms with E-state index in [4.69, 9.17) is 15.0 Å². The Kier molecular flexibility index (Phi) is 5.29. The minimum atomic E-state index is 0.587. The van der Waals surface area contributed by atoms with Crippen molar-refractivity contribution in [3.8, 4) is 45.3 Å². The lowest BCUT2D eigenvalue weighted by atomic mass is 10.0. The Morgan fingerprint density at radius 3 is 1.87 bits per heavy atom. The Hall–Kier alpha value is -5.43. The quantitative estimate of drug-likeness (QED) is 0.281. The molecule has 178 valence electrons. The summed E-state index contributed by atoms with van der Waals surface area (Å²) in [5, 5.41) is 1.97. The van der Waals surface area contributed by atoms with Crippen LogP contribution < -0.4 is 0 Å². The molecule has 3 heterocycles. The molecule has 0 amide bonds. The minimum absolute atomic E-state index is 0.587. The SMILES string of the molecule is c1ccc(-c2nc(-c3ccc(-c4cccc5cncnc45)cc3)nc(-c3ccc4cncnc4c3)n2)cc1. The lowest BCUT2D eigenvalue weighted by molar-refractivity contribution is 1.07. The molecule has 0 aliphatic carbocycles. The zero-order valence-corrected chi connectivity index (χ0v) is 20.1. The third kappa shape index (κ3) is 4.02. The Labute approximate surface area is 218 Å². The van der Waals surface area contributed by atoms with E-state index >= 15 is 0 Å². The highest BCUT2D eigenvalue weighted by Crippen LogP contribution is 2.30. The van der Waals surface area contributed by atoms with Gasteiger partial charge in [-0.05, 0) is 11.6 Å². The molecule has 7 rings (SSSR count). The molecule has 0 radical (unpaired) electrons. The summed E-state index contributed by atoms with van der Waals surface area (Å²) in [6, 6.07) is 30.2. The van der Waals surface area contributed by atoms with E-state index < -0.39 is 0 Å². The van der Waals surface area contributed by atoms with Crippen LogP contribution in [0.5, 0.6) is 0 Å². The molecule has 0 N–H and O–H groups in total. The van der Waals surface area contributed by atoms with Gasteiger partial charge in [0.2, 0.25) is 0 Å². The smallest absolute Gasteiger partial charge is 0.164 e. The van der Waals surface area contributed by atoms with Crippen LogP contribution in [0.25, 0.3) is 67.1 Å². The van der Waals surface area contributed by atoms with Gasteiger partial charge in [0.1, 0.15) is 12.7 Å². The number of rotatable bonds is 4. The van der Waals surface area contributed by atoms with Crippen LogP contribution in [0.15, 0.2) is 116 Å². The fourth-order valence-corrected chi connectivity index (χ4v) is 4.51. The molecular weight excluding hydrogens is 470 g/mol. The largest absolute Gasteiger partial charge is 0.244 e. The van der Waals surface area contributed by atoms with Crippen LogP contribution in [0.2, 0.25) is 0 Å². The molecule has 0 aliphatic rings. The molecule has 0 spiro atoms. The van der Waals surface area contributed by atoms with Crippen molar-refractivity contribution in [2.75, 3.05) is 0 Å². The van der Waals surface area contributed by atoms with E-state index in [2.05, 4.69) is 38.1 Å². The molecule has 0 unspecified atom stereocenters. The van der Waals surface area contributed by atoms with Crippen molar-refractivity contribution in [1.82, 2.24) is 34.9 Å². The maximum atomic E-state index is 4.87. The van der Waals surface area contributed by atoms with Gasteiger partial charge < -0.3 is 0 Å². The third-order valence-electron chi connectivity index (χ3n) is 6.42. The predicted octanol–water partition coefficient (Wildman–Crippen LogP) is 6.43. The van der Waals surface area contributed by atoms with E-state index in [-0.39, 0.29) is 0 Å². The molecule has 7 nitrogen and oxygen atoms in total. The van der Waals surface area contributed by atoms with E-state index in [0.29, 0.717) is 17.5 Å². The highest BCUT2D eigenvalue weighted by molar-refractivity contribution is 5.93. The Balaban J connectivity index is 1.34. The topological polar surface area (TPSA) is 90.2 Å². The van der Waals surface area contributed by atoms with Gasteiger partial charge in [-0.3, -0.25) is 0 Å². The first-order chi connectivity index (χ1) is 18.8. The second-order valence-corrected chi connectivity index (χ2v) is 8.81. The molecule has 0 bridgehead atoms. The first kappa shape index (κ1) is 21.8. The maximum absolute atomic E-state index is 4.87. The second-order valence-electron chi connectivity index (χ2n) is 8.81. The van der Waals surface area contributed by atoms with Crippen LogP contribution in [-0.4, -0.2) is 34.9 Å². The van der Waals surface area contributed by atoms with Crippen LogP contribution in [0.4, 0.5) is 0 Å². The number of hydrogen-bond acceptors (Lipinski definition) is 7. The van der Waals surface area contributed by atoms with Crippen molar-refractivity contribution in [3.05, 3.63) is 116 Å². The van der Waals surface area contributed by atoms with Crippen LogP contribution in [0.3, 0.4) is 0 Å². The number of aromatic nitrogens is 7. The third-order valence-corrected chi connectivity index (χ3v) is 6.42. The van der Waals surface area contributed by atoms with Gasteiger partial charge in [-0.1, -0.05) is 84.9 Å².